The van der Waals surface area contributed by atoms with Gasteiger partial charge in [0.05, 0.1) is 0 Å². The molecule has 2 N–H and O–H groups in total. The molecule has 2 aromatic heterocycles. The second kappa shape index (κ2) is 7.93. The fraction of sp³-hybridized carbons (Fsp3) is 0.300. The first kappa shape index (κ1) is 19.0. The summed E-state index contributed by atoms with van der Waals surface area (Å²) in [5, 5.41) is 6.19. The predicted molar refractivity (Wildman–Crippen MR) is 108 cm³/mol. The van der Waals surface area contributed by atoms with E-state index in [1.165, 1.54) is 12.1 Å². The quantitative estimate of drug-likeness (QED) is 0.666. The minimum absolute atomic E-state index is 0.0275. The molecule has 2 amide bonds. The van der Waals surface area contributed by atoms with E-state index in [1.807, 2.05) is 17.5 Å². The molecule has 1 saturated heterocycles. The summed E-state index contributed by atoms with van der Waals surface area (Å²) in [6, 6.07) is 7.98. The molecular weight excluding hydrogens is 401 g/mol. The van der Waals surface area contributed by atoms with Crippen molar-refractivity contribution in [1.82, 2.24) is 15.2 Å². The molecule has 0 spiro atoms. The second-order valence-electron chi connectivity index (χ2n) is 6.91. The Morgan fingerprint density at radius 3 is 2.75 bits per heavy atom. The van der Waals surface area contributed by atoms with Gasteiger partial charge in [-0.3, -0.25) is 9.59 Å². The molecule has 3 heterocycles. The number of aromatic amines is 1. The average Bonchev–Trinajstić information content (AvgIpc) is 3.29. The van der Waals surface area contributed by atoms with Crippen LogP contribution in [0.3, 0.4) is 0 Å². The summed E-state index contributed by atoms with van der Waals surface area (Å²) in [6.07, 6.45) is 1.23. The number of aromatic nitrogens is 1. The van der Waals surface area contributed by atoms with Gasteiger partial charge >= 0.3 is 0 Å². The summed E-state index contributed by atoms with van der Waals surface area (Å²) >= 11 is 7.57. The number of hydrogen-bond acceptors (Lipinski definition) is 3. The Morgan fingerprint density at radius 1 is 1.25 bits per heavy atom. The van der Waals surface area contributed by atoms with E-state index in [9.17, 15) is 14.0 Å². The Kier molecular flexibility index (Phi) is 5.37. The van der Waals surface area contributed by atoms with Crippen LogP contribution in [0.5, 0.6) is 0 Å². The molecule has 28 heavy (non-hydrogen) atoms. The number of benzene rings is 1. The first-order valence-electron chi connectivity index (χ1n) is 9.08. The Morgan fingerprint density at radius 2 is 2.04 bits per heavy atom. The minimum Gasteiger partial charge on any atom is -0.352 e. The van der Waals surface area contributed by atoms with Gasteiger partial charge in [0.15, 0.2) is 0 Å². The molecule has 146 valence electrons. The van der Waals surface area contributed by atoms with Crippen LogP contribution < -0.4 is 5.32 Å². The van der Waals surface area contributed by atoms with E-state index < -0.39 is 5.82 Å². The van der Waals surface area contributed by atoms with Crippen LogP contribution in [0, 0.1) is 11.7 Å². The van der Waals surface area contributed by atoms with Crippen LogP contribution in [0.15, 0.2) is 35.7 Å². The highest BCUT2D eigenvalue weighted by atomic mass is 35.5. The Bertz CT molecular complexity index is 995. The first-order valence-corrected chi connectivity index (χ1v) is 10.3. The number of carbonyl (C=O) groups is 2. The van der Waals surface area contributed by atoms with Crippen LogP contribution in [0.2, 0.25) is 5.02 Å². The van der Waals surface area contributed by atoms with Gasteiger partial charge in [-0.05, 0) is 48.1 Å². The molecule has 1 aliphatic heterocycles. The van der Waals surface area contributed by atoms with Gasteiger partial charge in [0, 0.05) is 36.0 Å². The summed E-state index contributed by atoms with van der Waals surface area (Å²) in [5.74, 6) is -0.636. The number of halogens is 2. The maximum atomic E-state index is 13.1. The maximum absolute atomic E-state index is 13.1. The van der Waals surface area contributed by atoms with Gasteiger partial charge in [0.2, 0.25) is 5.91 Å². The SMILES string of the molecule is O=C(NCc1ccc(F)cc1Cl)C1CCN(C(=O)c2cc3ccsc3[nH]2)CC1. The number of thiophene rings is 1. The summed E-state index contributed by atoms with van der Waals surface area (Å²) < 4.78 is 13.1. The molecular formula is C20H19ClFN3O2S. The van der Waals surface area contributed by atoms with Crippen molar-refractivity contribution in [3.05, 3.63) is 57.8 Å². The van der Waals surface area contributed by atoms with Crippen LogP contribution >= 0.6 is 22.9 Å². The highest BCUT2D eigenvalue weighted by Gasteiger charge is 2.28. The zero-order valence-corrected chi connectivity index (χ0v) is 16.6. The molecule has 0 unspecified atom stereocenters. The third-order valence-electron chi connectivity index (χ3n) is 5.10. The fourth-order valence-electron chi connectivity index (χ4n) is 3.47. The second-order valence-corrected chi connectivity index (χ2v) is 8.23. The smallest absolute Gasteiger partial charge is 0.270 e. The summed E-state index contributed by atoms with van der Waals surface area (Å²) in [5.41, 5.74) is 1.27. The third kappa shape index (κ3) is 3.91. The molecule has 3 aromatic rings. The van der Waals surface area contributed by atoms with Crippen molar-refractivity contribution in [3.8, 4) is 0 Å². The molecule has 0 aliphatic carbocycles. The molecule has 0 radical (unpaired) electrons. The summed E-state index contributed by atoms with van der Waals surface area (Å²) in [7, 11) is 0. The van der Waals surface area contributed by atoms with Gasteiger partial charge in [0.25, 0.3) is 5.91 Å². The number of nitrogens with zero attached hydrogens (tertiary/aromatic N) is 1. The van der Waals surface area contributed by atoms with Crippen molar-refractivity contribution < 1.29 is 14.0 Å². The van der Waals surface area contributed by atoms with E-state index in [1.54, 1.807) is 22.3 Å². The van der Waals surface area contributed by atoms with E-state index in [2.05, 4.69) is 10.3 Å². The number of H-pyrrole nitrogens is 1. The topological polar surface area (TPSA) is 65.2 Å². The molecule has 8 heteroatoms. The van der Waals surface area contributed by atoms with E-state index in [0.717, 1.165) is 10.2 Å². The van der Waals surface area contributed by atoms with Crippen LogP contribution in [-0.2, 0) is 11.3 Å². The van der Waals surface area contributed by atoms with Gasteiger partial charge in [0.1, 0.15) is 16.3 Å². The van der Waals surface area contributed by atoms with Crippen LogP contribution in [0.25, 0.3) is 10.2 Å². The Labute approximate surface area is 170 Å². The lowest BCUT2D eigenvalue weighted by molar-refractivity contribution is -0.126. The lowest BCUT2D eigenvalue weighted by Crippen LogP contribution is -2.43. The number of rotatable bonds is 4. The van der Waals surface area contributed by atoms with Crippen LogP contribution in [0.1, 0.15) is 28.9 Å². The first-order chi connectivity index (χ1) is 13.5. The van der Waals surface area contributed by atoms with Crippen molar-refractivity contribution in [2.75, 3.05) is 13.1 Å². The van der Waals surface area contributed by atoms with Gasteiger partial charge in [-0.2, -0.15) is 0 Å². The molecule has 0 saturated carbocycles. The van der Waals surface area contributed by atoms with E-state index >= 15 is 0 Å². The highest BCUT2D eigenvalue weighted by Crippen LogP contribution is 2.24. The third-order valence-corrected chi connectivity index (χ3v) is 6.29. The lowest BCUT2D eigenvalue weighted by atomic mass is 9.95. The molecule has 1 aliphatic rings. The summed E-state index contributed by atoms with van der Waals surface area (Å²) in [6.45, 7) is 1.35. The number of nitrogens with one attached hydrogen (secondary N) is 2. The molecule has 0 atom stereocenters. The summed E-state index contributed by atoms with van der Waals surface area (Å²) in [4.78, 5) is 31.1. The number of fused-ring (bicyclic) bond motifs is 1. The van der Waals surface area contributed by atoms with Gasteiger partial charge in [-0.25, -0.2) is 4.39 Å². The number of likely N-dealkylation sites (tertiary alicyclic amines) is 1. The maximum Gasteiger partial charge on any atom is 0.270 e. The van der Waals surface area contributed by atoms with Gasteiger partial charge in [-0.1, -0.05) is 17.7 Å². The van der Waals surface area contributed by atoms with Gasteiger partial charge in [-0.15, -0.1) is 11.3 Å². The standard InChI is InChI=1S/C20H19ClFN3O2S/c21-16-10-15(22)2-1-14(16)11-23-18(26)12-3-6-25(7-4-12)20(27)17-9-13-5-8-28-19(13)24-17/h1-2,5,8-10,12,24H,3-4,6-7,11H2,(H,23,26). The molecule has 1 aromatic carbocycles. The average molecular weight is 420 g/mol. The van der Waals surface area contributed by atoms with Crippen molar-refractivity contribution in [1.29, 1.82) is 0 Å². The van der Waals surface area contributed by atoms with Crippen molar-refractivity contribution in [3.63, 3.8) is 0 Å². The number of amides is 2. The predicted octanol–water partition coefficient (Wildman–Crippen LogP) is 4.19. The number of hydrogen-bond donors (Lipinski definition) is 2. The molecule has 1 fully saturated rings. The van der Waals surface area contributed by atoms with Crippen molar-refractivity contribution in [2.45, 2.75) is 19.4 Å². The molecule has 4 rings (SSSR count). The molecule has 0 bridgehead atoms. The number of piperidine rings is 1. The van der Waals surface area contributed by atoms with Gasteiger partial charge < -0.3 is 15.2 Å². The molecule has 5 nitrogen and oxygen atoms in total. The largest absolute Gasteiger partial charge is 0.352 e. The monoisotopic (exact) mass is 419 g/mol. The van der Waals surface area contributed by atoms with Crippen LogP contribution in [-0.4, -0.2) is 34.8 Å². The fourth-order valence-corrected chi connectivity index (χ4v) is 4.49. The van der Waals surface area contributed by atoms with E-state index in [4.69, 9.17) is 11.6 Å². The number of carbonyl (C=O) groups excluding carboxylic acids is 2. The van der Waals surface area contributed by atoms with Crippen molar-refractivity contribution in [2.24, 2.45) is 5.92 Å². The van der Waals surface area contributed by atoms with E-state index in [0.29, 0.717) is 42.2 Å². The van der Waals surface area contributed by atoms with Crippen LogP contribution in [0.4, 0.5) is 4.39 Å². The van der Waals surface area contributed by atoms with Crippen molar-refractivity contribution >= 4 is 45.0 Å². The minimum atomic E-state index is -0.404. The Balaban J connectivity index is 1.30. The lowest BCUT2D eigenvalue weighted by Gasteiger charge is -2.31. The Hall–Kier alpha value is -2.38. The zero-order chi connectivity index (χ0) is 19.7. The zero-order valence-electron chi connectivity index (χ0n) is 15.0. The highest BCUT2D eigenvalue weighted by molar-refractivity contribution is 7.16. The normalized spacial score (nSPS) is 15.1. The van der Waals surface area contributed by atoms with E-state index in [-0.39, 0.29) is 24.3 Å².